The number of halogens is 1. The lowest BCUT2D eigenvalue weighted by atomic mass is 10.0. The van der Waals surface area contributed by atoms with E-state index in [0.717, 1.165) is 32.5 Å². The number of hydrogen-bond acceptors (Lipinski definition) is 1. The van der Waals surface area contributed by atoms with Crippen LogP contribution in [0.25, 0.3) is 0 Å². The van der Waals surface area contributed by atoms with Crippen LogP contribution in [0.15, 0.2) is 36.4 Å². The van der Waals surface area contributed by atoms with Crippen LogP contribution in [0, 0.1) is 5.92 Å². The SMILES string of the molecule is CCOCc1cccc(CC/C=C/[C@H]2CC[C@@H](Cl)C2)c1. The van der Waals surface area contributed by atoms with Crippen LogP contribution in [-0.4, -0.2) is 12.0 Å². The number of rotatable bonds is 7. The maximum atomic E-state index is 6.13. The van der Waals surface area contributed by atoms with E-state index in [-0.39, 0.29) is 0 Å². The molecular formula is C18H25ClO. The second-order valence-corrected chi connectivity index (χ2v) is 6.21. The maximum absolute atomic E-state index is 6.13. The average Bonchev–Trinajstić information content (AvgIpc) is 2.87. The van der Waals surface area contributed by atoms with Gasteiger partial charge in [-0.2, -0.15) is 0 Å². The van der Waals surface area contributed by atoms with Crippen LogP contribution in [0.2, 0.25) is 0 Å². The van der Waals surface area contributed by atoms with E-state index in [0.29, 0.717) is 11.3 Å². The number of allylic oxidation sites excluding steroid dienone is 2. The Hall–Kier alpha value is -0.790. The lowest BCUT2D eigenvalue weighted by Gasteiger charge is -2.05. The van der Waals surface area contributed by atoms with Crippen molar-refractivity contribution in [1.82, 2.24) is 0 Å². The zero-order valence-electron chi connectivity index (χ0n) is 12.4. The maximum Gasteiger partial charge on any atom is 0.0716 e. The number of ether oxygens (including phenoxy) is 1. The molecule has 2 atom stereocenters. The van der Waals surface area contributed by atoms with Gasteiger partial charge in [0.05, 0.1) is 6.61 Å². The van der Waals surface area contributed by atoms with E-state index in [1.165, 1.54) is 24.0 Å². The van der Waals surface area contributed by atoms with Gasteiger partial charge in [0.15, 0.2) is 0 Å². The predicted molar refractivity (Wildman–Crippen MR) is 86.2 cm³/mol. The normalized spacial score (nSPS) is 22.7. The predicted octanol–water partition coefficient (Wildman–Crippen LogP) is 5.12. The van der Waals surface area contributed by atoms with Gasteiger partial charge in [-0.05, 0) is 56.1 Å². The molecule has 1 aliphatic carbocycles. The highest BCUT2D eigenvalue weighted by molar-refractivity contribution is 6.20. The zero-order valence-corrected chi connectivity index (χ0v) is 13.1. The van der Waals surface area contributed by atoms with Crippen LogP contribution in [-0.2, 0) is 17.8 Å². The van der Waals surface area contributed by atoms with Gasteiger partial charge in [-0.3, -0.25) is 0 Å². The third-order valence-electron chi connectivity index (χ3n) is 3.88. The smallest absolute Gasteiger partial charge is 0.0716 e. The second-order valence-electron chi connectivity index (χ2n) is 5.59. The molecule has 0 spiro atoms. The van der Waals surface area contributed by atoms with E-state index in [9.17, 15) is 0 Å². The molecule has 0 unspecified atom stereocenters. The van der Waals surface area contributed by atoms with E-state index >= 15 is 0 Å². The Kier molecular flexibility index (Phi) is 6.62. The molecule has 1 aromatic carbocycles. The van der Waals surface area contributed by atoms with Crippen molar-refractivity contribution in [3.63, 3.8) is 0 Å². The molecule has 0 aliphatic heterocycles. The minimum Gasteiger partial charge on any atom is -0.377 e. The highest BCUT2D eigenvalue weighted by atomic mass is 35.5. The summed E-state index contributed by atoms with van der Waals surface area (Å²) < 4.78 is 5.45. The fraction of sp³-hybridized carbons (Fsp3) is 0.556. The van der Waals surface area contributed by atoms with Crippen LogP contribution in [0.1, 0.15) is 43.7 Å². The highest BCUT2D eigenvalue weighted by Crippen LogP contribution is 2.30. The van der Waals surface area contributed by atoms with E-state index in [1.807, 2.05) is 6.92 Å². The molecule has 110 valence electrons. The van der Waals surface area contributed by atoms with Gasteiger partial charge in [0.1, 0.15) is 0 Å². The Balaban J connectivity index is 1.74. The van der Waals surface area contributed by atoms with Crippen molar-refractivity contribution >= 4 is 11.6 Å². The molecule has 0 N–H and O–H groups in total. The Labute approximate surface area is 128 Å². The molecule has 0 aromatic heterocycles. The molecule has 0 heterocycles. The van der Waals surface area contributed by atoms with Gasteiger partial charge in [-0.25, -0.2) is 0 Å². The van der Waals surface area contributed by atoms with E-state index in [4.69, 9.17) is 16.3 Å². The van der Waals surface area contributed by atoms with E-state index in [1.54, 1.807) is 0 Å². The molecule has 0 radical (unpaired) electrons. The summed E-state index contributed by atoms with van der Waals surface area (Å²) >= 11 is 6.13. The van der Waals surface area contributed by atoms with Crippen molar-refractivity contribution in [2.45, 2.75) is 51.0 Å². The lowest BCUT2D eigenvalue weighted by molar-refractivity contribution is 0.134. The molecule has 0 saturated heterocycles. The van der Waals surface area contributed by atoms with Crippen molar-refractivity contribution in [1.29, 1.82) is 0 Å². The van der Waals surface area contributed by atoms with Crippen LogP contribution in [0.4, 0.5) is 0 Å². The Bertz CT molecular complexity index is 427. The van der Waals surface area contributed by atoms with Gasteiger partial charge < -0.3 is 4.74 Å². The van der Waals surface area contributed by atoms with Crippen LogP contribution in [0.5, 0.6) is 0 Å². The number of aryl methyl sites for hydroxylation is 1. The molecule has 1 fully saturated rings. The molecule has 20 heavy (non-hydrogen) atoms. The minimum absolute atomic E-state index is 0.403. The van der Waals surface area contributed by atoms with Gasteiger partial charge in [-0.15, -0.1) is 11.6 Å². The Morgan fingerprint density at radius 3 is 2.90 bits per heavy atom. The fourth-order valence-electron chi connectivity index (χ4n) is 2.77. The van der Waals surface area contributed by atoms with Crippen molar-refractivity contribution in [2.75, 3.05) is 6.61 Å². The van der Waals surface area contributed by atoms with Gasteiger partial charge >= 0.3 is 0 Å². The topological polar surface area (TPSA) is 9.23 Å². The molecule has 2 heteroatoms. The van der Waals surface area contributed by atoms with Crippen molar-refractivity contribution in [3.8, 4) is 0 Å². The molecule has 1 aromatic rings. The fourth-order valence-corrected chi connectivity index (χ4v) is 3.12. The first-order chi connectivity index (χ1) is 9.78. The Morgan fingerprint density at radius 1 is 1.30 bits per heavy atom. The van der Waals surface area contributed by atoms with Crippen molar-refractivity contribution in [3.05, 3.63) is 47.5 Å². The summed E-state index contributed by atoms with van der Waals surface area (Å²) in [5.74, 6) is 0.710. The van der Waals surface area contributed by atoms with E-state index in [2.05, 4.69) is 36.4 Å². The van der Waals surface area contributed by atoms with Crippen LogP contribution < -0.4 is 0 Å². The first-order valence-electron chi connectivity index (χ1n) is 7.74. The number of alkyl halides is 1. The lowest BCUT2D eigenvalue weighted by Crippen LogP contribution is -1.93. The summed E-state index contributed by atoms with van der Waals surface area (Å²) in [5.41, 5.74) is 2.67. The van der Waals surface area contributed by atoms with Gasteiger partial charge in [0.2, 0.25) is 0 Å². The standard InChI is InChI=1S/C18H25ClO/c1-2-20-14-17-9-5-8-15(12-17)6-3-4-7-16-10-11-18(19)13-16/h4-5,7-9,12,16,18H,2-3,6,10-11,13-14H2,1H3/b7-4+/t16-,18+/m0/s1. The van der Waals surface area contributed by atoms with Crippen molar-refractivity contribution in [2.24, 2.45) is 5.92 Å². The highest BCUT2D eigenvalue weighted by Gasteiger charge is 2.19. The molecule has 1 saturated carbocycles. The van der Waals surface area contributed by atoms with Crippen molar-refractivity contribution < 1.29 is 4.74 Å². The van der Waals surface area contributed by atoms with Crippen LogP contribution >= 0.6 is 11.6 Å². The molecule has 0 amide bonds. The molecule has 0 bridgehead atoms. The number of hydrogen-bond donors (Lipinski definition) is 0. The van der Waals surface area contributed by atoms with Gasteiger partial charge in [0, 0.05) is 12.0 Å². The molecule has 1 nitrogen and oxygen atoms in total. The molecule has 1 aliphatic rings. The van der Waals surface area contributed by atoms with Gasteiger partial charge in [0.25, 0.3) is 0 Å². The summed E-state index contributed by atoms with van der Waals surface area (Å²) in [4.78, 5) is 0. The Morgan fingerprint density at radius 2 is 2.15 bits per heavy atom. The zero-order chi connectivity index (χ0) is 14.2. The third kappa shape index (κ3) is 5.30. The first-order valence-corrected chi connectivity index (χ1v) is 8.18. The largest absolute Gasteiger partial charge is 0.377 e. The van der Waals surface area contributed by atoms with Gasteiger partial charge in [-0.1, -0.05) is 36.4 Å². The summed E-state index contributed by atoms with van der Waals surface area (Å²) in [6, 6.07) is 8.72. The minimum atomic E-state index is 0.403. The summed E-state index contributed by atoms with van der Waals surface area (Å²) in [5, 5.41) is 0.403. The second kappa shape index (κ2) is 8.49. The summed E-state index contributed by atoms with van der Waals surface area (Å²) in [7, 11) is 0. The first kappa shape index (κ1) is 15.6. The van der Waals surface area contributed by atoms with Crippen LogP contribution in [0.3, 0.4) is 0 Å². The number of benzene rings is 1. The monoisotopic (exact) mass is 292 g/mol. The molecular weight excluding hydrogens is 268 g/mol. The molecule has 2 rings (SSSR count). The summed E-state index contributed by atoms with van der Waals surface area (Å²) in [6.07, 6.45) is 10.5. The third-order valence-corrected chi connectivity index (χ3v) is 4.28. The quantitative estimate of drug-likeness (QED) is 0.501. The average molecular weight is 293 g/mol. The van der Waals surface area contributed by atoms with E-state index < -0.39 is 0 Å². The summed E-state index contributed by atoms with van der Waals surface area (Å²) in [6.45, 7) is 3.53.